The molecule has 0 unspecified atom stereocenters. The molecule has 2 heterocycles. The van der Waals surface area contributed by atoms with Crippen LogP contribution in [0.2, 0.25) is 0 Å². The number of imide groups is 1. The second-order valence-corrected chi connectivity index (χ2v) is 8.09. The lowest BCUT2D eigenvalue weighted by Gasteiger charge is -2.31. The number of benzene rings is 1. The molecule has 1 spiro atoms. The maximum Gasteiger partial charge on any atom is 0.325 e. The van der Waals surface area contributed by atoms with Gasteiger partial charge in [-0.1, -0.05) is 18.2 Å². The fraction of sp³-hybridized carbons (Fsp3) is 0.400. The number of carbonyl (C=O) groups excluding carboxylic acids is 2. The van der Waals surface area contributed by atoms with Crippen LogP contribution in [-0.2, 0) is 16.8 Å². The summed E-state index contributed by atoms with van der Waals surface area (Å²) >= 11 is 1.62. The smallest absolute Gasteiger partial charge is 0.325 e. The third kappa shape index (κ3) is 3.11. The van der Waals surface area contributed by atoms with Crippen LogP contribution < -0.4 is 10.1 Å². The Morgan fingerprint density at radius 2 is 2.15 bits per heavy atom. The van der Waals surface area contributed by atoms with Gasteiger partial charge >= 0.3 is 6.03 Å². The normalized spacial score (nSPS) is 22.7. The van der Waals surface area contributed by atoms with E-state index < -0.39 is 17.7 Å². The van der Waals surface area contributed by atoms with E-state index in [-0.39, 0.29) is 19.1 Å². The molecular weight excluding hydrogens is 364 g/mol. The standard InChI is InChI=1S/C20H22N2O4S/c1-13-5-2-3-6-16(13)26-12-14(23)11-22-18(24)20(21-19(22)25)9-4-7-17-15(20)8-10-27-17/h2-3,5-6,8,10,14,23H,4,7,9,11-12H2,1H3,(H,21,25)/t14-,20+/m0/s1. The first kappa shape index (κ1) is 18.0. The van der Waals surface area contributed by atoms with E-state index in [0.29, 0.717) is 12.2 Å². The van der Waals surface area contributed by atoms with Gasteiger partial charge in [0.15, 0.2) is 0 Å². The number of thiophene rings is 1. The van der Waals surface area contributed by atoms with E-state index in [2.05, 4.69) is 5.32 Å². The Kier molecular flexibility index (Phi) is 4.65. The van der Waals surface area contributed by atoms with Gasteiger partial charge in [0, 0.05) is 10.4 Å². The number of fused-ring (bicyclic) bond motifs is 2. The summed E-state index contributed by atoms with van der Waals surface area (Å²) in [6, 6.07) is 8.99. The van der Waals surface area contributed by atoms with E-state index in [0.717, 1.165) is 33.7 Å². The molecule has 6 nitrogen and oxygen atoms in total. The SMILES string of the molecule is Cc1ccccc1OC[C@@H](O)CN1C(=O)N[C@@]2(CCCc3sccc32)C1=O. The summed E-state index contributed by atoms with van der Waals surface area (Å²) in [7, 11) is 0. The van der Waals surface area contributed by atoms with Gasteiger partial charge in [-0.2, -0.15) is 0 Å². The zero-order valence-electron chi connectivity index (χ0n) is 15.1. The zero-order chi connectivity index (χ0) is 19.0. The first-order valence-corrected chi connectivity index (χ1v) is 9.97. The van der Waals surface area contributed by atoms with Crippen LogP contribution in [0.1, 0.15) is 28.8 Å². The highest BCUT2D eigenvalue weighted by Gasteiger charge is 2.54. The van der Waals surface area contributed by atoms with Crippen molar-refractivity contribution >= 4 is 23.3 Å². The molecular formula is C20H22N2O4S. The van der Waals surface area contributed by atoms with Crippen LogP contribution in [0.5, 0.6) is 5.75 Å². The van der Waals surface area contributed by atoms with Gasteiger partial charge in [0.05, 0.1) is 6.54 Å². The van der Waals surface area contributed by atoms with Crippen molar-refractivity contribution in [1.29, 1.82) is 0 Å². The first-order chi connectivity index (χ1) is 13.0. The number of ether oxygens (including phenoxy) is 1. The van der Waals surface area contributed by atoms with E-state index in [4.69, 9.17) is 4.74 Å². The molecule has 142 valence electrons. The van der Waals surface area contributed by atoms with Crippen LogP contribution in [0.4, 0.5) is 4.79 Å². The van der Waals surface area contributed by atoms with Gasteiger partial charge in [0.2, 0.25) is 0 Å². The Bertz CT molecular complexity index is 880. The maximum atomic E-state index is 13.1. The number of nitrogens with one attached hydrogen (secondary N) is 1. The summed E-state index contributed by atoms with van der Waals surface area (Å²) in [6.07, 6.45) is 1.42. The van der Waals surface area contributed by atoms with E-state index in [1.54, 1.807) is 11.3 Å². The minimum Gasteiger partial charge on any atom is -0.491 e. The lowest BCUT2D eigenvalue weighted by Crippen LogP contribution is -2.46. The van der Waals surface area contributed by atoms with E-state index in [1.165, 1.54) is 0 Å². The topological polar surface area (TPSA) is 78.9 Å². The Labute approximate surface area is 161 Å². The third-order valence-electron chi connectivity index (χ3n) is 5.25. The fourth-order valence-electron chi connectivity index (χ4n) is 3.87. The van der Waals surface area contributed by atoms with Gasteiger partial charge in [-0.15, -0.1) is 11.3 Å². The number of aryl methyl sites for hydroxylation is 2. The molecule has 2 aromatic rings. The largest absolute Gasteiger partial charge is 0.491 e. The van der Waals surface area contributed by atoms with Crippen LogP contribution >= 0.6 is 11.3 Å². The van der Waals surface area contributed by atoms with Crippen molar-refractivity contribution in [2.45, 2.75) is 37.8 Å². The summed E-state index contributed by atoms with van der Waals surface area (Å²) in [5.41, 5.74) is 0.900. The summed E-state index contributed by atoms with van der Waals surface area (Å²) in [5, 5.41) is 15.2. The van der Waals surface area contributed by atoms with Crippen LogP contribution in [0.25, 0.3) is 0 Å². The molecule has 0 bridgehead atoms. The molecule has 3 amide bonds. The Morgan fingerprint density at radius 1 is 1.33 bits per heavy atom. The molecule has 1 fully saturated rings. The van der Waals surface area contributed by atoms with Crippen LogP contribution in [-0.4, -0.2) is 41.2 Å². The Hall–Kier alpha value is -2.38. The van der Waals surface area contributed by atoms with Crippen LogP contribution in [0.3, 0.4) is 0 Å². The van der Waals surface area contributed by atoms with Crippen molar-refractivity contribution in [3.63, 3.8) is 0 Å². The third-order valence-corrected chi connectivity index (χ3v) is 6.24. The molecule has 4 rings (SSSR count). The van der Waals surface area contributed by atoms with E-state index in [9.17, 15) is 14.7 Å². The van der Waals surface area contributed by atoms with Gasteiger partial charge in [0.1, 0.15) is 24.0 Å². The molecule has 1 saturated heterocycles. The quantitative estimate of drug-likeness (QED) is 0.774. The number of urea groups is 1. The van der Waals surface area contributed by atoms with Gasteiger partial charge in [0.25, 0.3) is 5.91 Å². The molecule has 2 atom stereocenters. The summed E-state index contributed by atoms with van der Waals surface area (Å²) < 4.78 is 5.64. The number of β-amino-alcohol motifs (C(OH)–C–C–N with tert-alkyl or cyclic N) is 1. The van der Waals surface area contributed by atoms with Crippen LogP contribution in [0, 0.1) is 6.92 Å². The predicted molar refractivity (Wildman–Crippen MR) is 102 cm³/mol. The Balaban J connectivity index is 1.45. The minimum atomic E-state index is -0.971. The van der Waals surface area contributed by atoms with Crippen molar-refractivity contribution in [2.24, 2.45) is 0 Å². The lowest BCUT2D eigenvalue weighted by atomic mass is 9.80. The number of nitrogens with zero attached hydrogens (tertiary/aromatic N) is 1. The lowest BCUT2D eigenvalue weighted by molar-refractivity contribution is -0.133. The number of rotatable bonds is 5. The molecule has 1 aromatic heterocycles. The van der Waals surface area contributed by atoms with Gasteiger partial charge in [-0.05, 0) is 49.3 Å². The van der Waals surface area contributed by atoms with Gasteiger partial charge in [-0.25, -0.2) is 4.79 Å². The van der Waals surface area contributed by atoms with Crippen LogP contribution in [0.15, 0.2) is 35.7 Å². The second kappa shape index (κ2) is 6.98. The molecule has 2 N–H and O–H groups in total. The molecule has 1 aliphatic carbocycles. The monoisotopic (exact) mass is 386 g/mol. The molecule has 27 heavy (non-hydrogen) atoms. The molecule has 1 aliphatic heterocycles. The molecule has 2 aliphatic rings. The minimum absolute atomic E-state index is 0.0125. The Morgan fingerprint density at radius 3 is 2.96 bits per heavy atom. The molecule has 0 radical (unpaired) electrons. The van der Waals surface area contributed by atoms with Gasteiger partial charge < -0.3 is 15.2 Å². The van der Waals surface area contributed by atoms with Crippen molar-refractivity contribution in [1.82, 2.24) is 10.2 Å². The number of para-hydroxylation sites is 1. The first-order valence-electron chi connectivity index (χ1n) is 9.09. The summed E-state index contributed by atoms with van der Waals surface area (Å²) in [4.78, 5) is 27.9. The highest BCUT2D eigenvalue weighted by molar-refractivity contribution is 7.10. The molecule has 0 saturated carbocycles. The maximum absolute atomic E-state index is 13.1. The van der Waals surface area contributed by atoms with Crippen molar-refractivity contribution in [3.05, 3.63) is 51.7 Å². The number of aliphatic hydroxyl groups excluding tert-OH is 1. The van der Waals surface area contributed by atoms with Crippen molar-refractivity contribution in [3.8, 4) is 5.75 Å². The van der Waals surface area contributed by atoms with Crippen molar-refractivity contribution < 1.29 is 19.4 Å². The zero-order valence-corrected chi connectivity index (χ0v) is 15.9. The average Bonchev–Trinajstić information content (AvgIpc) is 3.22. The predicted octanol–water partition coefficient (Wildman–Crippen LogP) is 2.58. The highest BCUT2D eigenvalue weighted by Crippen LogP contribution is 2.42. The van der Waals surface area contributed by atoms with Gasteiger partial charge in [-0.3, -0.25) is 9.69 Å². The average molecular weight is 386 g/mol. The molecule has 1 aromatic carbocycles. The fourth-order valence-corrected chi connectivity index (χ4v) is 4.87. The van der Waals surface area contributed by atoms with E-state index in [1.807, 2.05) is 42.6 Å². The van der Waals surface area contributed by atoms with Crippen molar-refractivity contribution in [2.75, 3.05) is 13.2 Å². The number of hydrogen-bond acceptors (Lipinski definition) is 5. The van der Waals surface area contributed by atoms with E-state index >= 15 is 0 Å². The highest BCUT2D eigenvalue weighted by atomic mass is 32.1. The number of hydrogen-bond donors (Lipinski definition) is 2. The number of amides is 3. The second-order valence-electron chi connectivity index (χ2n) is 7.09. The number of carbonyl (C=O) groups is 2. The summed E-state index contributed by atoms with van der Waals surface area (Å²) in [6.45, 7) is 1.85. The number of aliphatic hydroxyl groups is 1. The molecule has 7 heteroatoms. The summed E-state index contributed by atoms with van der Waals surface area (Å²) in [5.74, 6) is 0.405.